The normalized spacial score (nSPS) is 11.4. The van der Waals surface area contributed by atoms with Crippen LogP contribution in [-0.4, -0.2) is 43.3 Å². The second kappa shape index (κ2) is 33.4. The van der Waals surface area contributed by atoms with Gasteiger partial charge in [0.15, 0.2) is 0 Å². The molecule has 0 amide bonds. The van der Waals surface area contributed by atoms with Crippen LogP contribution in [0.5, 0.6) is 0 Å². The van der Waals surface area contributed by atoms with Gasteiger partial charge in [-0.15, -0.1) is 6.61 Å². The predicted octanol–water partition coefficient (Wildman–Crippen LogP) is 3.16. The number of aliphatic carboxylic acids is 2. The first-order chi connectivity index (χ1) is 14.3. The van der Waals surface area contributed by atoms with Crippen LogP contribution >= 0.6 is 0 Å². The Hall–Kier alpha value is -0.217. The van der Waals surface area contributed by atoms with E-state index in [1.165, 1.54) is 41.7 Å². The number of unbranched alkanes of at least 4 members (excludes halogenated alkanes) is 4. The number of rotatable bonds is 14. The Morgan fingerprint density at radius 1 is 0.667 bits per heavy atom. The van der Waals surface area contributed by atoms with Crippen molar-refractivity contribution in [2.45, 2.75) is 123 Å². The van der Waals surface area contributed by atoms with Crippen LogP contribution in [0, 0.1) is 11.8 Å². The van der Waals surface area contributed by atoms with Crippen LogP contribution in [0.2, 0.25) is 4.13 Å². The predicted molar refractivity (Wildman–Crippen MR) is 123 cm³/mol. The van der Waals surface area contributed by atoms with Gasteiger partial charge in [-0.3, -0.25) is 0 Å². The standard InChI is InChI=1S/2C8H16O2.C4H9O.C4H9.Bi.H/c2*1-3-5-6-7(4-2)8(9)10;1-2-3-4-5;1-3-4-2;;/h2*7H,3-6H2,1-2H3,(H,9,10);2-4H2,1H3;1,3-4H2,2H3;;/q;;-1;;+3;/p-2. The van der Waals surface area contributed by atoms with Crippen LogP contribution in [0.15, 0.2) is 0 Å². The van der Waals surface area contributed by atoms with Crippen molar-refractivity contribution in [3.63, 3.8) is 0 Å². The third-order valence-electron chi connectivity index (χ3n) is 4.49. The molecular weight excluding hydrogens is 577 g/mol. The summed E-state index contributed by atoms with van der Waals surface area (Å²) in [5.41, 5.74) is 0. The molecule has 0 aromatic heterocycles. The molecule has 2 atom stereocenters. The van der Waals surface area contributed by atoms with Crippen LogP contribution in [0.1, 0.15) is 119 Å². The fourth-order valence-corrected chi connectivity index (χ4v) is 3.57. The van der Waals surface area contributed by atoms with E-state index >= 15 is 0 Å². The van der Waals surface area contributed by atoms with Gasteiger partial charge in [0.2, 0.25) is 0 Å². The van der Waals surface area contributed by atoms with Gasteiger partial charge in [-0.25, -0.2) is 0 Å². The summed E-state index contributed by atoms with van der Waals surface area (Å²) in [4.78, 5) is 20.7. The van der Waals surface area contributed by atoms with Crippen molar-refractivity contribution in [2.24, 2.45) is 11.8 Å². The first kappa shape index (κ1) is 37.1. The Kier molecular flexibility index (Phi) is 41.4. The zero-order valence-electron chi connectivity index (χ0n) is 20.6. The van der Waals surface area contributed by atoms with Gasteiger partial charge in [0, 0.05) is 11.9 Å². The molecule has 0 saturated carbocycles. The van der Waals surface area contributed by atoms with E-state index in [4.69, 9.17) is 0 Å². The molecule has 0 aliphatic heterocycles. The number of carbonyl (C=O) groups is 2. The van der Waals surface area contributed by atoms with Crippen molar-refractivity contribution in [1.82, 2.24) is 0 Å². The van der Waals surface area contributed by atoms with Crippen molar-refractivity contribution in [3.8, 4) is 0 Å². The van der Waals surface area contributed by atoms with Crippen molar-refractivity contribution in [1.29, 1.82) is 0 Å². The zero-order valence-corrected chi connectivity index (χ0v) is 24.5. The topological polar surface area (TPSA) is 103 Å². The third-order valence-corrected chi connectivity index (χ3v) is 5.87. The van der Waals surface area contributed by atoms with Gasteiger partial charge in [0.25, 0.3) is 0 Å². The van der Waals surface area contributed by atoms with Gasteiger partial charge >= 0.3 is 48.6 Å². The molecule has 180 valence electrons. The van der Waals surface area contributed by atoms with Crippen LogP contribution in [0.25, 0.3) is 0 Å². The van der Waals surface area contributed by atoms with E-state index in [-0.39, 0.29) is 18.4 Å². The molecule has 0 aliphatic carbocycles. The quantitative estimate of drug-likeness (QED) is 0.276. The molecule has 0 saturated heterocycles. The van der Waals surface area contributed by atoms with Crippen LogP contribution < -0.4 is 15.3 Å². The molecule has 0 aromatic carbocycles. The molecule has 0 bridgehead atoms. The Bertz CT molecular complexity index is 302. The number of hydrogen-bond acceptors (Lipinski definition) is 5. The summed E-state index contributed by atoms with van der Waals surface area (Å²) in [6.07, 6.45) is 11.7. The molecule has 0 rings (SSSR count). The Morgan fingerprint density at radius 3 is 1.10 bits per heavy atom. The van der Waals surface area contributed by atoms with Gasteiger partial charge in [-0.05, 0) is 37.5 Å². The van der Waals surface area contributed by atoms with Crippen LogP contribution in [0.3, 0.4) is 0 Å². The monoisotopic (exact) mass is 626 g/mol. The first-order valence-electron chi connectivity index (χ1n) is 11.9. The summed E-state index contributed by atoms with van der Waals surface area (Å²) < 4.78 is 1.48. The second-order valence-electron chi connectivity index (χ2n) is 7.29. The zero-order chi connectivity index (χ0) is 24.2. The summed E-state index contributed by atoms with van der Waals surface area (Å²) in [5.74, 6) is -2.23. The summed E-state index contributed by atoms with van der Waals surface area (Å²) in [5, 5.41) is 30.2. The maximum absolute atomic E-state index is 10.3. The van der Waals surface area contributed by atoms with Crippen molar-refractivity contribution in [2.75, 3.05) is 6.61 Å². The molecule has 0 aromatic rings. The first-order valence-corrected chi connectivity index (χ1v) is 14.7. The Labute approximate surface area is 202 Å². The minimum atomic E-state index is -0.893. The van der Waals surface area contributed by atoms with E-state index in [0.29, 0.717) is 12.8 Å². The summed E-state index contributed by atoms with van der Waals surface area (Å²) in [7, 11) is 0. The molecule has 0 heterocycles. The summed E-state index contributed by atoms with van der Waals surface area (Å²) in [6.45, 7) is 12.2. The Balaban J connectivity index is -0.000000159. The van der Waals surface area contributed by atoms with Crippen molar-refractivity contribution in [3.05, 3.63) is 0 Å². The van der Waals surface area contributed by atoms with Gasteiger partial charge in [-0.2, -0.15) is 0 Å². The van der Waals surface area contributed by atoms with E-state index in [1.54, 1.807) is 0 Å². The maximum atomic E-state index is 10.3. The summed E-state index contributed by atoms with van der Waals surface area (Å²) in [6, 6.07) is 0. The van der Waals surface area contributed by atoms with Crippen LogP contribution in [0.4, 0.5) is 0 Å². The SMILES string of the molecule is CCCCC(CC)C(=O)[O-].CCCCC(CC)C(=O)[O-].CCCC[O-].CCC[CH2][BiH+3]. The van der Waals surface area contributed by atoms with E-state index in [1.807, 2.05) is 20.8 Å². The fourth-order valence-electron chi connectivity index (χ4n) is 2.20. The number of carboxylic acid groups (broad SMARTS) is 2. The van der Waals surface area contributed by atoms with E-state index < -0.39 is 11.9 Å². The van der Waals surface area contributed by atoms with Crippen molar-refractivity contribution >= 4 is 36.7 Å². The number of carbonyl (C=O) groups excluding carboxylic acids is 2. The average molecular weight is 627 g/mol. The van der Waals surface area contributed by atoms with Crippen molar-refractivity contribution < 1.29 is 24.9 Å². The van der Waals surface area contributed by atoms with Gasteiger partial charge in [0.1, 0.15) is 0 Å². The molecule has 30 heavy (non-hydrogen) atoms. The summed E-state index contributed by atoms with van der Waals surface area (Å²) >= 11 is 1.40. The van der Waals surface area contributed by atoms with Gasteiger partial charge in [0.05, 0.1) is 0 Å². The second-order valence-corrected chi connectivity index (χ2v) is 9.24. The molecule has 5 nitrogen and oxygen atoms in total. The number of hydrogen-bond donors (Lipinski definition) is 0. The molecule has 0 radical (unpaired) electrons. The van der Waals surface area contributed by atoms with Gasteiger partial charge in [-0.1, -0.05) is 73.1 Å². The van der Waals surface area contributed by atoms with Gasteiger partial charge < -0.3 is 24.9 Å². The minimum absolute atomic E-state index is 0.0938. The van der Waals surface area contributed by atoms with E-state index in [0.717, 1.165) is 51.4 Å². The fraction of sp³-hybridized carbons (Fsp3) is 0.917. The van der Waals surface area contributed by atoms with E-state index in [9.17, 15) is 24.9 Å². The molecule has 0 spiro atoms. The molecule has 0 aliphatic rings. The van der Waals surface area contributed by atoms with Crippen LogP contribution in [-0.2, 0) is 9.59 Å². The molecule has 2 unspecified atom stereocenters. The average Bonchev–Trinajstić information content (AvgIpc) is 2.71. The third kappa shape index (κ3) is 35.2. The van der Waals surface area contributed by atoms with E-state index in [2.05, 4.69) is 20.8 Å². The molecular formula is C24H49BiO5. The number of carboxylic acids is 2. The molecule has 0 N–H and O–H groups in total. The Morgan fingerprint density at radius 2 is 1.00 bits per heavy atom. The molecule has 6 heteroatoms. The molecule has 0 fully saturated rings.